The minimum absolute atomic E-state index is 0.0643. The van der Waals surface area contributed by atoms with Crippen LogP contribution in [0.4, 0.5) is 0 Å². The average Bonchev–Trinajstić information content (AvgIpc) is 2.02. The summed E-state index contributed by atoms with van der Waals surface area (Å²) in [6.07, 6.45) is 9.40. The summed E-state index contributed by atoms with van der Waals surface area (Å²) in [7, 11) is 0. The molecule has 0 heterocycles. The molecule has 1 unspecified atom stereocenters. The predicted molar refractivity (Wildman–Crippen MR) is 47.4 cm³/mol. The van der Waals surface area contributed by atoms with Crippen LogP contribution in [0.25, 0.3) is 0 Å². The van der Waals surface area contributed by atoms with Crippen LogP contribution in [0.15, 0.2) is 12.3 Å². The van der Waals surface area contributed by atoms with E-state index in [-0.39, 0.29) is 6.04 Å². The van der Waals surface area contributed by atoms with Crippen molar-refractivity contribution < 1.29 is 9.90 Å². The van der Waals surface area contributed by atoms with E-state index in [1.165, 1.54) is 6.20 Å². The number of rotatable bonds is 5. The maximum atomic E-state index is 10.0. The van der Waals surface area contributed by atoms with E-state index in [9.17, 15) is 4.79 Å². The molecule has 0 spiro atoms. The van der Waals surface area contributed by atoms with Gasteiger partial charge >= 0.3 is 5.97 Å². The first kappa shape index (κ1) is 10.6. The summed E-state index contributed by atoms with van der Waals surface area (Å²) >= 11 is 0. The molecule has 0 aromatic heterocycles. The van der Waals surface area contributed by atoms with E-state index in [1.807, 2.05) is 6.92 Å². The lowest BCUT2D eigenvalue weighted by Crippen LogP contribution is -2.21. The van der Waals surface area contributed by atoms with Gasteiger partial charge in [0.05, 0.1) is 6.04 Å². The molecule has 0 aliphatic heterocycles. The summed E-state index contributed by atoms with van der Waals surface area (Å²) in [6.45, 7) is 2.02. The fourth-order valence-corrected chi connectivity index (χ4v) is 0.739. The van der Waals surface area contributed by atoms with Crippen LogP contribution in [0.1, 0.15) is 19.8 Å². The van der Waals surface area contributed by atoms with E-state index in [0.717, 1.165) is 18.9 Å². The van der Waals surface area contributed by atoms with Gasteiger partial charge in [-0.05, 0) is 6.42 Å². The monoisotopic (exact) mass is 167 g/mol. The number of hydrogen-bond acceptors (Lipinski definition) is 2. The molecule has 12 heavy (non-hydrogen) atoms. The molecule has 0 fully saturated rings. The second-order valence-electron chi connectivity index (χ2n) is 2.35. The van der Waals surface area contributed by atoms with Crippen molar-refractivity contribution in [2.24, 2.45) is 0 Å². The fourth-order valence-electron chi connectivity index (χ4n) is 0.739. The highest BCUT2D eigenvalue weighted by molar-refractivity contribution is 5.79. The smallest absolute Gasteiger partial charge is 0.329 e. The molecular weight excluding hydrogens is 154 g/mol. The summed E-state index contributed by atoms with van der Waals surface area (Å²) < 4.78 is 0. The first-order valence-corrected chi connectivity index (χ1v) is 3.82. The van der Waals surface area contributed by atoms with Gasteiger partial charge < -0.3 is 10.4 Å². The molecule has 3 nitrogen and oxygen atoms in total. The van der Waals surface area contributed by atoms with Gasteiger partial charge in [-0.2, -0.15) is 0 Å². The van der Waals surface area contributed by atoms with Gasteiger partial charge in [-0.15, -0.1) is 6.42 Å². The summed E-state index contributed by atoms with van der Waals surface area (Å²) in [5, 5.41) is 11.1. The molecule has 0 saturated carbocycles. The van der Waals surface area contributed by atoms with Crippen molar-refractivity contribution >= 4 is 5.97 Å². The first-order chi connectivity index (χ1) is 5.70. The third-order valence-corrected chi connectivity index (χ3v) is 1.30. The number of nitrogens with one attached hydrogen (secondary N) is 1. The Labute approximate surface area is 72.5 Å². The molecule has 0 rings (SSSR count). The van der Waals surface area contributed by atoms with Crippen LogP contribution in [-0.4, -0.2) is 17.1 Å². The fraction of sp³-hybridized carbons (Fsp3) is 0.444. The third-order valence-electron chi connectivity index (χ3n) is 1.30. The third kappa shape index (κ3) is 5.36. The van der Waals surface area contributed by atoms with Crippen LogP contribution in [0, 0.1) is 12.3 Å². The zero-order chi connectivity index (χ0) is 9.40. The van der Waals surface area contributed by atoms with Crippen LogP contribution in [0.3, 0.4) is 0 Å². The molecule has 0 bridgehead atoms. The Kier molecular flexibility index (Phi) is 5.54. The van der Waals surface area contributed by atoms with Crippen LogP contribution < -0.4 is 5.32 Å². The molecule has 3 heteroatoms. The quantitative estimate of drug-likeness (QED) is 0.474. The maximum absolute atomic E-state index is 10.0. The standard InChI is InChI=1S/C9H13NO2/c1-3-5-8(4-2)10-7-6-9(11)12/h2,6-8,10H,3,5H2,1H3,(H,11,12)/b7-6+. The van der Waals surface area contributed by atoms with Crippen molar-refractivity contribution in [1.29, 1.82) is 0 Å². The minimum Gasteiger partial charge on any atom is -0.478 e. The first-order valence-electron chi connectivity index (χ1n) is 3.82. The molecule has 0 aromatic carbocycles. The molecule has 66 valence electrons. The van der Waals surface area contributed by atoms with E-state index >= 15 is 0 Å². The predicted octanol–water partition coefficient (Wildman–Crippen LogP) is 0.976. The Bertz CT molecular complexity index is 203. The van der Waals surface area contributed by atoms with Crippen molar-refractivity contribution in [3.63, 3.8) is 0 Å². The average molecular weight is 167 g/mol. The summed E-state index contributed by atoms with van der Waals surface area (Å²) in [5.41, 5.74) is 0. The zero-order valence-corrected chi connectivity index (χ0v) is 7.08. The molecule has 1 atom stereocenters. The Morgan fingerprint density at radius 2 is 2.50 bits per heavy atom. The highest BCUT2D eigenvalue weighted by Gasteiger charge is 1.98. The van der Waals surface area contributed by atoms with E-state index < -0.39 is 5.97 Å². The van der Waals surface area contributed by atoms with Crippen LogP contribution in [0.2, 0.25) is 0 Å². The van der Waals surface area contributed by atoms with Crippen molar-refractivity contribution in [1.82, 2.24) is 5.32 Å². The van der Waals surface area contributed by atoms with Gasteiger partial charge in [-0.1, -0.05) is 19.3 Å². The molecule has 0 saturated heterocycles. The second-order valence-corrected chi connectivity index (χ2v) is 2.35. The van der Waals surface area contributed by atoms with Crippen LogP contribution in [-0.2, 0) is 4.79 Å². The molecule has 0 aliphatic rings. The number of carbonyl (C=O) groups is 1. The molecule has 2 N–H and O–H groups in total. The highest BCUT2D eigenvalue weighted by atomic mass is 16.4. The van der Waals surface area contributed by atoms with Gasteiger partial charge in [0.25, 0.3) is 0 Å². The van der Waals surface area contributed by atoms with Gasteiger partial charge in [0.1, 0.15) is 0 Å². The highest BCUT2D eigenvalue weighted by Crippen LogP contribution is 1.93. The minimum atomic E-state index is -0.977. The van der Waals surface area contributed by atoms with Gasteiger partial charge in [-0.3, -0.25) is 0 Å². The number of aliphatic carboxylic acids is 1. The van der Waals surface area contributed by atoms with E-state index in [4.69, 9.17) is 11.5 Å². The molecule has 0 amide bonds. The molecule has 0 aliphatic carbocycles. The number of carboxylic acids is 1. The van der Waals surface area contributed by atoms with E-state index in [1.54, 1.807) is 0 Å². The Hall–Kier alpha value is -1.43. The largest absolute Gasteiger partial charge is 0.478 e. The van der Waals surface area contributed by atoms with Gasteiger partial charge in [-0.25, -0.2) is 4.79 Å². The lowest BCUT2D eigenvalue weighted by Gasteiger charge is -2.07. The normalized spacial score (nSPS) is 12.3. The van der Waals surface area contributed by atoms with Crippen molar-refractivity contribution in [3.05, 3.63) is 12.3 Å². The van der Waals surface area contributed by atoms with E-state index in [0.29, 0.717) is 0 Å². The van der Waals surface area contributed by atoms with Gasteiger partial charge in [0, 0.05) is 12.3 Å². The van der Waals surface area contributed by atoms with Crippen molar-refractivity contribution in [2.45, 2.75) is 25.8 Å². The lowest BCUT2D eigenvalue weighted by atomic mass is 10.2. The summed E-state index contributed by atoms with van der Waals surface area (Å²) in [6, 6.07) is -0.0643. The Morgan fingerprint density at radius 3 is 2.92 bits per heavy atom. The molecule has 0 radical (unpaired) electrons. The number of hydrogen-bond donors (Lipinski definition) is 2. The Morgan fingerprint density at radius 1 is 1.83 bits per heavy atom. The lowest BCUT2D eigenvalue weighted by molar-refractivity contribution is -0.131. The van der Waals surface area contributed by atoms with Gasteiger partial charge in [0.15, 0.2) is 0 Å². The SMILES string of the molecule is C#CC(CCC)N/C=C/C(=O)O. The zero-order valence-electron chi connectivity index (χ0n) is 7.08. The van der Waals surface area contributed by atoms with Crippen molar-refractivity contribution in [2.75, 3.05) is 0 Å². The van der Waals surface area contributed by atoms with Crippen LogP contribution >= 0.6 is 0 Å². The molecular formula is C9H13NO2. The van der Waals surface area contributed by atoms with Crippen molar-refractivity contribution in [3.8, 4) is 12.3 Å². The summed E-state index contributed by atoms with van der Waals surface area (Å²) in [5.74, 6) is 1.54. The van der Waals surface area contributed by atoms with E-state index in [2.05, 4.69) is 11.2 Å². The van der Waals surface area contributed by atoms with Gasteiger partial charge in [0.2, 0.25) is 0 Å². The Balaban J connectivity index is 3.73. The molecule has 0 aromatic rings. The maximum Gasteiger partial charge on any atom is 0.329 e. The second kappa shape index (κ2) is 6.29. The number of terminal acetylenes is 1. The number of carboxylic acid groups (broad SMARTS) is 1. The van der Waals surface area contributed by atoms with Crippen LogP contribution in [0.5, 0.6) is 0 Å². The topological polar surface area (TPSA) is 49.3 Å². The summed E-state index contributed by atoms with van der Waals surface area (Å²) in [4.78, 5) is 10.0.